The highest BCUT2D eigenvalue weighted by Crippen LogP contribution is 2.43. The third-order valence-corrected chi connectivity index (χ3v) is 10.4. The minimum atomic E-state index is -1.91. The highest BCUT2D eigenvalue weighted by Gasteiger charge is 2.46. The lowest BCUT2D eigenvalue weighted by Crippen LogP contribution is -2.50. The molecule has 1 atom stereocenters. The first kappa shape index (κ1) is 19.1. The topological polar surface area (TPSA) is 29.5 Å². The summed E-state index contributed by atoms with van der Waals surface area (Å²) in [7, 11) is -1.91. The molecule has 0 aromatic carbocycles. The van der Waals surface area contributed by atoms with E-state index in [1.165, 1.54) is 19.3 Å². The molecule has 0 fully saturated rings. The lowest BCUT2D eigenvalue weighted by atomic mass is 10.1. The summed E-state index contributed by atoms with van der Waals surface area (Å²) in [6.45, 7) is 15.8. The molecule has 0 radical (unpaired) electrons. The summed E-state index contributed by atoms with van der Waals surface area (Å²) in [5, 5.41) is 10.2. The van der Waals surface area contributed by atoms with Gasteiger partial charge >= 0.3 is 0 Å². The molecular formula is C16H36O2Si. The van der Waals surface area contributed by atoms with Crippen LogP contribution in [0.2, 0.25) is 16.6 Å². The molecule has 0 rings (SSSR count). The normalized spacial score (nSPS) is 14.7. The zero-order chi connectivity index (χ0) is 15.1. The minimum absolute atomic E-state index is 0.540. The third kappa shape index (κ3) is 5.56. The van der Waals surface area contributed by atoms with Crippen LogP contribution in [0, 0.1) is 0 Å². The summed E-state index contributed by atoms with van der Waals surface area (Å²) in [5.41, 5.74) is 1.62. The molecule has 0 heterocycles. The van der Waals surface area contributed by atoms with E-state index in [1.54, 1.807) is 0 Å². The van der Waals surface area contributed by atoms with Crippen molar-refractivity contribution in [2.24, 2.45) is 0 Å². The lowest BCUT2D eigenvalue weighted by molar-refractivity contribution is -0.0380. The Hall–Kier alpha value is 0.137. The number of aliphatic hydroxyl groups is 1. The van der Waals surface area contributed by atoms with E-state index in [-0.39, 0.29) is 0 Å². The van der Waals surface area contributed by atoms with Gasteiger partial charge in [0.15, 0.2) is 0 Å². The van der Waals surface area contributed by atoms with Crippen molar-refractivity contribution in [3.8, 4) is 0 Å². The quantitative estimate of drug-likeness (QED) is 0.328. The maximum Gasteiger partial charge on any atom is 0.203 e. The van der Waals surface area contributed by atoms with Gasteiger partial charge in [0.05, 0.1) is 0 Å². The Morgan fingerprint density at radius 2 is 1.32 bits per heavy atom. The van der Waals surface area contributed by atoms with Crippen LogP contribution in [0.3, 0.4) is 0 Å². The summed E-state index contributed by atoms with van der Waals surface area (Å²) in [5.74, 6) is 0. The molecule has 19 heavy (non-hydrogen) atoms. The van der Waals surface area contributed by atoms with Gasteiger partial charge in [-0.25, -0.2) is 0 Å². The molecule has 116 valence electrons. The van der Waals surface area contributed by atoms with E-state index in [2.05, 4.69) is 48.5 Å². The monoisotopic (exact) mass is 288 g/mol. The first-order chi connectivity index (χ1) is 8.78. The van der Waals surface area contributed by atoms with Crippen LogP contribution in [-0.2, 0) is 4.43 Å². The minimum Gasteiger partial charge on any atom is -0.392 e. The summed E-state index contributed by atoms with van der Waals surface area (Å²) in [6, 6.07) is 0. The van der Waals surface area contributed by atoms with Crippen molar-refractivity contribution in [2.45, 2.75) is 103 Å². The van der Waals surface area contributed by atoms with Gasteiger partial charge in [0.2, 0.25) is 8.32 Å². The summed E-state index contributed by atoms with van der Waals surface area (Å²) in [6.07, 6.45) is 5.01. The van der Waals surface area contributed by atoms with Gasteiger partial charge in [-0.15, -0.1) is 0 Å². The Morgan fingerprint density at radius 1 is 0.842 bits per heavy atom. The van der Waals surface area contributed by atoms with Gasteiger partial charge in [-0.2, -0.15) is 0 Å². The number of hydrogen-bond donors (Lipinski definition) is 1. The molecule has 0 spiro atoms. The molecular weight excluding hydrogens is 252 g/mol. The van der Waals surface area contributed by atoms with Gasteiger partial charge < -0.3 is 9.53 Å². The Balaban J connectivity index is 4.56. The zero-order valence-electron chi connectivity index (χ0n) is 14.2. The van der Waals surface area contributed by atoms with Crippen LogP contribution in [0.15, 0.2) is 0 Å². The predicted octanol–water partition coefficient (Wildman–Crippen LogP) is 5.47. The van der Waals surface area contributed by atoms with E-state index < -0.39 is 14.6 Å². The second-order valence-corrected chi connectivity index (χ2v) is 12.1. The highest BCUT2D eigenvalue weighted by molar-refractivity contribution is 6.77. The second-order valence-electron chi connectivity index (χ2n) is 6.74. The molecule has 2 nitrogen and oxygen atoms in total. The molecule has 0 aliphatic carbocycles. The van der Waals surface area contributed by atoms with Crippen LogP contribution in [0.1, 0.15) is 80.6 Å². The molecule has 0 saturated carbocycles. The maximum absolute atomic E-state index is 10.2. The highest BCUT2D eigenvalue weighted by atomic mass is 28.4. The van der Waals surface area contributed by atoms with Gasteiger partial charge in [-0.3, -0.25) is 0 Å². The van der Waals surface area contributed by atoms with Crippen LogP contribution in [0.25, 0.3) is 0 Å². The van der Waals surface area contributed by atoms with Crippen molar-refractivity contribution < 1.29 is 9.53 Å². The molecule has 0 aliphatic rings. The van der Waals surface area contributed by atoms with Crippen LogP contribution in [0.5, 0.6) is 0 Å². The molecule has 0 bridgehead atoms. The van der Waals surface area contributed by atoms with Crippen molar-refractivity contribution >= 4 is 8.32 Å². The fourth-order valence-corrected chi connectivity index (χ4v) is 8.85. The molecule has 0 aromatic rings. The van der Waals surface area contributed by atoms with Gasteiger partial charge in [0, 0.05) is 0 Å². The average Bonchev–Trinajstić information content (AvgIpc) is 2.30. The first-order valence-corrected chi connectivity index (χ1v) is 10.3. The standard InChI is InChI=1S/C16H36O2Si/c1-8-9-10-11-12-16(17)18-19(13(2)3,14(4)5)15(6)7/h13-17H,8-12H2,1-7H3. The van der Waals surface area contributed by atoms with E-state index >= 15 is 0 Å². The third-order valence-electron chi connectivity index (χ3n) is 4.35. The van der Waals surface area contributed by atoms with Crippen molar-refractivity contribution in [1.82, 2.24) is 0 Å². The number of unbranched alkanes of at least 4 members (excludes halogenated alkanes) is 3. The van der Waals surface area contributed by atoms with Crippen molar-refractivity contribution in [1.29, 1.82) is 0 Å². The van der Waals surface area contributed by atoms with Gasteiger partial charge in [0.1, 0.15) is 6.29 Å². The van der Waals surface area contributed by atoms with Crippen molar-refractivity contribution in [2.75, 3.05) is 0 Å². The predicted molar refractivity (Wildman–Crippen MR) is 86.9 cm³/mol. The lowest BCUT2D eigenvalue weighted by Gasteiger charge is -2.43. The van der Waals surface area contributed by atoms with Gasteiger partial charge in [0.25, 0.3) is 0 Å². The largest absolute Gasteiger partial charge is 0.392 e. The van der Waals surface area contributed by atoms with Crippen LogP contribution < -0.4 is 0 Å². The Labute approximate surface area is 122 Å². The summed E-state index contributed by atoms with van der Waals surface area (Å²) in [4.78, 5) is 0. The average molecular weight is 289 g/mol. The summed E-state index contributed by atoms with van der Waals surface area (Å²) < 4.78 is 6.30. The van der Waals surface area contributed by atoms with Crippen molar-refractivity contribution in [3.63, 3.8) is 0 Å². The van der Waals surface area contributed by atoms with Crippen LogP contribution in [0.4, 0.5) is 0 Å². The molecule has 1 N–H and O–H groups in total. The molecule has 0 amide bonds. The SMILES string of the molecule is CCCCCCC(O)O[Si](C(C)C)(C(C)C)C(C)C. The number of aliphatic hydroxyl groups excluding tert-OH is 1. The van der Waals surface area contributed by atoms with E-state index in [1.807, 2.05) is 0 Å². The van der Waals surface area contributed by atoms with Crippen LogP contribution in [-0.4, -0.2) is 19.7 Å². The number of rotatable bonds is 10. The Kier molecular flexibility index (Phi) is 9.21. The summed E-state index contributed by atoms with van der Waals surface area (Å²) >= 11 is 0. The Morgan fingerprint density at radius 3 is 1.68 bits per heavy atom. The van der Waals surface area contributed by atoms with Crippen molar-refractivity contribution in [3.05, 3.63) is 0 Å². The first-order valence-electron chi connectivity index (χ1n) is 8.14. The molecule has 1 unspecified atom stereocenters. The number of hydrogen-bond acceptors (Lipinski definition) is 2. The van der Waals surface area contributed by atoms with E-state index in [0.717, 1.165) is 12.8 Å². The molecule has 0 saturated heterocycles. The van der Waals surface area contributed by atoms with Gasteiger partial charge in [-0.1, -0.05) is 67.7 Å². The zero-order valence-corrected chi connectivity index (χ0v) is 15.2. The van der Waals surface area contributed by atoms with E-state index in [0.29, 0.717) is 16.6 Å². The Bertz CT molecular complexity index is 205. The van der Waals surface area contributed by atoms with Crippen LogP contribution >= 0.6 is 0 Å². The fraction of sp³-hybridized carbons (Fsp3) is 1.00. The van der Waals surface area contributed by atoms with E-state index in [4.69, 9.17) is 4.43 Å². The molecule has 0 aliphatic heterocycles. The fourth-order valence-electron chi connectivity index (χ4n) is 3.45. The maximum atomic E-state index is 10.2. The molecule has 3 heteroatoms. The molecule has 0 aromatic heterocycles. The van der Waals surface area contributed by atoms with E-state index in [9.17, 15) is 5.11 Å². The van der Waals surface area contributed by atoms with Gasteiger partial charge in [-0.05, 0) is 29.5 Å². The smallest absolute Gasteiger partial charge is 0.203 e. The second kappa shape index (κ2) is 9.14.